The van der Waals surface area contributed by atoms with Crippen LogP contribution < -0.4 is 15.4 Å². The van der Waals surface area contributed by atoms with E-state index in [-0.39, 0.29) is 11.2 Å². The molecule has 1 aromatic carbocycles. The van der Waals surface area contributed by atoms with Crippen molar-refractivity contribution in [1.29, 1.82) is 0 Å². The molecular weight excluding hydrogens is 386 g/mol. The average molecular weight is 424 g/mol. The molecule has 6 nitrogen and oxygen atoms in total. The van der Waals surface area contributed by atoms with Crippen LogP contribution in [0.5, 0.6) is 5.75 Å². The van der Waals surface area contributed by atoms with Gasteiger partial charge in [-0.15, -0.1) is 0 Å². The molecule has 0 unspecified atom stereocenters. The highest BCUT2D eigenvalue weighted by Gasteiger charge is 2.45. The average Bonchev–Trinajstić information content (AvgIpc) is 3.36. The van der Waals surface area contributed by atoms with E-state index < -0.39 is 9.84 Å². The Kier molecular flexibility index (Phi) is 8.37. The third-order valence-electron chi connectivity index (χ3n) is 5.08. The lowest BCUT2D eigenvalue weighted by Crippen LogP contribution is -2.41. The van der Waals surface area contributed by atoms with Crippen LogP contribution in [0.3, 0.4) is 0 Å². The number of sulfone groups is 1. The van der Waals surface area contributed by atoms with E-state index in [4.69, 9.17) is 9.73 Å². The van der Waals surface area contributed by atoms with E-state index in [9.17, 15) is 8.42 Å². The quantitative estimate of drug-likeness (QED) is 0.422. The third kappa shape index (κ3) is 8.64. The molecule has 2 rings (SSSR count). The molecule has 1 aliphatic carbocycles. The smallest absolute Gasteiger partial charge is 0.191 e. The van der Waals surface area contributed by atoms with Crippen LogP contribution in [0.15, 0.2) is 23.2 Å². The third-order valence-corrected chi connectivity index (χ3v) is 6.22. The summed E-state index contributed by atoms with van der Waals surface area (Å²) in [6, 6.07) is 6.21. The summed E-state index contributed by atoms with van der Waals surface area (Å²) in [6.07, 6.45) is 4.21. The van der Waals surface area contributed by atoms with Gasteiger partial charge in [0.15, 0.2) is 5.96 Å². The first kappa shape index (κ1) is 23.5. The van der Waals surface area contributed by atoms with Gasteiger partial charge >= 0.3 is 0 Å². The van der Waals surface area contributed by atoms with Crippen molar-refractivity contribution in [3.05, 3.63) is 29.3 Å². The number of hydrogen-bond donors (Lipinski definition) is 2. The van der Waals surface area contributed by atoms with E-state index in [1.807, 2.05) is 6.92 Å². The monoisotopic (exact) mass is 423 g/mol. The van der Waals surface area contributed by atoms with Crippen LogP contribution >= 0.6 is 0 Å². The van der Waals surface area contributed by atoms with Gasteiger partial charge in [-0.25, -0.2) is 13.4 Å². The Morgan fingerprint density at radius 3 is 2.59 bits per heavy atom. The Hall–Kier alpha value is -1.76. The Morgan fingerprint density at radius 1 is 1.28 bits per heavy atom. The minimum Gasteiger partial charge on any atom is -0.493 e. The minimum atomic E-state index is -2.98. The second kappa shape index (κ2) is 10.3. The Bertz CT molecular complexity index is 800. The molecule has 164 valence electrons. The van der Waals surface area contributed by atoms with Crippen molar-refractivity contribution in [3.63, 3.8) is 0 Å². The zero-order chi connectivity index (χ0) is 21.5. The summed E-state index contributed by atoms with van der Waals surface area (Å²) >= 11 is 0. The fraction of sp³-hybridized carbons (Fsp3) is 0.682. The van der Waals surface area contributed by atoms with Crippen molar-refractivity contribution < 1.29 is 13.2 Å². The molecule has 0 atom stereocenters. The van der Waals surface area contributed by atoms with Crippen LogP contribution in [0.25, 0.3) is 0 Å². The first-order chi connectivity index (χ1) is 13.6. The van der Waals surface area contributed by atoms with Crippen LogP contribution in [-0.4, -0.2) is 46.1 Å². The molecule has 0 bridgehead atoms. The van der Waals surface area contributed by atoms with Crippen LogP contribution in [0, 0.1) is 18.3 Å². The highest BCUT2D eigenvalue weighted by molar-refractivity contribution is 7.90. The SMILES string of the molecule is CCNC(=NCc1ccc(C)cc1OCCC(C)C)NCC1(CS(C)(=O)=O)CC1. The summed E-state index contributed by atoms with van der Waals surface area (Å²) in [5.74, 6) is 2.44. The van der Waals surface area contributed by atoms with Gasteiger partial charge in [0, 0.05) is 30.3 Å². The van der Waals surface area contributed by atoms with Crippen molar-refractivity contribution in [2.75, 3.05) is 31.7 Å². The topological polar surface area (TPSA) is 79.8 Å². The van der Waals surface area contributed by atoms with Gasteiger partial charge < -0.3 is 15.4 Å². The summed E-state index contributed by atoms with van der Waals surface area (Å²) in [5, 5.41) is 6.59. The van der Waals surface area contributed by atoms with Crippen LogP contribution in [-0.2, 0) is 16.4 Å². The van der Waals surface area contributed by atoms with E-state index in [1.54, 1.807) is 0 Å². The highest BCUT2D eigenvalue weighted by atomic mass is 32.2. The molecule has 1 fully saturated rings. The van der Waals surface area contributed by atoms with Gasteiger partial charge in [-0.1, -0.05) is 26.0 Å². The molecule has 2 N–H and O–H groups in total. The highest BCUT2D eigenvalue weighted by Crippen LogP contribution is 2.46. The molecule has 1 aromatic rings. The maximum absolute atomic E-state index is 11.7. The Morgan fingerprint density at radius 2 is 2.00 bits per heavy atom. The molecule has 0 aromatic heterocycles. The lowest BCUT2D eigenvalue weighted by atomic mass is 10.1. The number of aliphatic imine (C=N–C) groups is 1. The van der Waals surface area contributed by atoms with Crippen LogP contribution in [0.1, 0.15) is 51.2 Å². The second-order valence-corrected chi connectivity index (χ2v) is 10.9. The Balaban J connectivity index is 2.02. The van der Waals surface area contributed by atoms with E-state index >= 15 is 0 Å². The molecule has 0 radical (unpaired) electrons. The lowest BCUT2D eigenvalue weighted by molar-refractivity contribution is 0.287. The molecule has 0 saturated heterocycles. The fourth-order valence-corrected chi connectivity index (χ4v) is 4.72. The summed E-state index contributed by atoms with van der Waals surface area (Å²) in [7, 11) is -2.98. The summed E-state index contributed by atoms with van der Waals surface area (Å²) in [6.45, 7) is 11.0. The van der Waals surface area contributed by atoms with Crippen molar-refractivity contribution in [1.82, 2.24) is 10.6 Å². The number of rotatable bonds is 11. The van der Waals surface area contributed by atoms with E-state index in [0.717, 1.165) is 37.1 Å². The number of nitrogens with one attached hydrogen (secondary N) is 2. The number of aryl methyl sites for hydroxylation is 1. The normalized spacial score (nSPS) is 16.0. The standard InChI is InChI=1S/C22H37N3O3S/c1-6-23-21(25-15-22(10-11-22)16-29(5,26)27)24-14-19-8-7-18(4)13-20(19)28-12-9-17(2)3/h7-8,13,17H,6,9-12,14-16H2,1-5H3,(H2,23,24,25). The molecular formula is C22H37N3O3S. The largest absolute Gasteiger partial charge is 0.493 e. The van der Waals surface area contributed by atoms with Gasteiger partial charge in [-0.2, -0.15) is 0 Å². The molecule has 0 heterocycles. The van der Waals surface area contributed by atoms with Gasteiger partial charge in [0.2, 0.25) is 0 Å². The molecule has 0 spiro atoms. The van der Waals surface area contributed by atoms with E-state index in [1.165, 1.54) is 11.8 Å². The number of guanidine groups is 1. The maximum Gasteiger partial charge on any atom is 0.191 e. The van der Waals surface area contributed by atoms with Gasteiger partial charge in [0.05, 0.1) is 18.9 Å². The van der Waals surface area contributed by atoms with Crippen molar-refractivity contribution in [2.24, 2.45) is 16.3 Å². The Labute approximate surface area is 176 Å². The molecule has 0 amide bonds. The summed E-state index contributed by atoms with van der Waals surface area (Å²) in [4.78, 5) is 4.71. The minimum absolute atomic E-state index is 0.140. The predicted molar refractivity (Wildman–Crippen MR) is 120 cm³/mol. The maximum atomic E-state index is 11.7. The number of nitrogens with zero attached hydrogens (tertiary/aromatic N) is 1. The van der Waals surface area contributed by atoms with Crippen LogP contribution in [0.2, 0.25) is 0 Å². The molecule has 0 aliphatic heterocycles. The van der Waals surface area contributed by atoms with Crippen molar-refractivity contribution in [2.45, 2.75) is 53.5 Å². The number of hydrogen-bond acceptors (Lipinski definition) is 4. The molecule has 29 heavy (non-hydrogen) atoms. The molecule has 7 heteroatoms. The summed E-state index contributed by atoms with van der Waals surface area (Å²) < 4.78 is 29.4. The van der Waals surface area contributed by atoms with Crippen LogP contribution in [0.4, 0.5) is 0 Å². The first-order valence-electron chi connectivity index (χ1n) is 10.5. The molecule has 1 aliphatic rings. The zero-order valence-corrected chi connectivity index (χ0v) is 19.4. The number of ether oxygens (including phenoxy) is 1. The van der Waals surface area contributed by atoms with Crippen molar-refractivity contribution in [3.8, 4) is 5.75 Å². The van der Waals surface area contributed by atoms with E-state index in [0.29, 0.717) is 31.6 Å². The first-order valence-corrected chi connectivity index (χ1v) is 12.6. The van der Waals surface area contributed by atoms with Gasteiger partial charge in [0.25, 0.3) is 0 Å². The predicted octanol–water partition coefficient (Wildman–Crippen LogP) is 3.30. The zero-order valence-electron chi connectivity index (χ0n) is 18.5. The van der Waals surface area contributed by atoms with Gasteiger partial charge in [0.1, 0.15) is 15.6 Å². The fourth-order valence-electron chi connectivity index (χ4n) is 3.21. The van der Waals surface area contributed by atoms with E-state index in [2.05, 4.69) is 49.6 Å². The second-order valence-electron chi connectivity index (χ2n) is 8.76. The molecule has 1 saturated carbocycles. The summed E-state index contributed by atoms with van der Waals surface area (Å²) in [5.41, 5.74) is 2.08. The van der Waals surface area contributed by atoms with Gasteiger partial charge in [-0.3, -0.25) is 0 Å². The van der Waals surface area contributed by atoms with Crippen molar-refractivity contribution >= 4 is 15.8 Å². The lowest BCUT2D eigenvalue weighted by Gasteiger charge is -2.18. The number of benzene rings is 1. The van der Waals surface area contributed by atoms with Gasteiger partial charge in [-0.05, 0) is 50.7 Å².